The van der Waals surface area contributed by atoms with Gasteiger partial charge in [-0.3, -0.25) is 14.4 Å². The van der Waals surface area contributed by atoms with Crippen molar-refractivity contribution in [1.82, 2.24) is 10.6 Å². The summed E-state index contributed by atoms with van der Waals surface area (Å²) in [7, 11) is -3.83. The van der Waals surface area contributed by atoms with E-state index in [1.165, 1.54) is 24.3 Å². The number of nitrogens with one attached hydrogen (secondary N) is 3. The maximum Gasteiger partial charge on any atom is 0.255 e. The summed E-state index contributed by atoms with van der Waals surface area (Å²) in [5.74, 6) is -0.922. The van der Waals surface area contributed by atoms with E-state index in [-0.39, 0.29) is 28.8 Å². The van der Waals surface area contributed by atoms with Crippen LogP contribution in [0.25, 0.3) is 0 Å². The molecular formula is C21H24N4O6S. The maximum atomic E-state index is 12.3. The van der Waals surface area contributed by atoms with Gasteiger partial charge in [-0.2, -0.15) is 0 Å². The van der Waals surface area contributed by atoms with Crippen molar-refractivity contribution < 1.29 is 27.5 Å². The molecule has 11 heteroatoms. The van der Waals surface area contributed by atoms with E-state index in [0.717, 1.165) is 6.42 Å². The Morgan fingerprint density at radius 2 is 1.50 bits per heavy atom. The van der Waals surface area contributed by atoms with E-state index in [4.69, 9.17) is 9.88 Å². The van der Waals surface area contributed by atoms with Crippen LogP contribution in [0.2, 0.25) is 0 Å². The number of carbonyl (C=O) groups excluding carboxylic acids is 3. The molecule has 10 nitrogen and oxygen atoms in total. The van der Waals surface area contributed by atoms with Gasteiger partial charge in [-0.25, -0.2) is 13.6 Å². The van der Waals surface area contributed by atoms with Gasteiger partial charge in [0, 0.05) is 36.5 Å². The summed E-state index contributed by atoms with van der Waals surface area (Å²) in [4.78, 5) is 36.3. The van der Waals surface area contributed by atoms with Gasteiger partial charge in [0.15, 0.2) is 0 Å². The van der Waals surface area contributed by atoms with Gasteiger partial charge in [-0.15, -0.1) is 0 Å². The first-order valence-electron chi connectivity index (χ1n) is 9.96. The van der Waals surface area contributed by atoms with Gasteiger partial charge < -0.3 is 20.7 Å². The minimum Gasteiger partial charge on any atom is -0.368 e. The molecule has 1 saturated heterocycles. The highest BCUT2D eigenvalue weighted by Crippen LogP contribution is 2.14. The van der Waals surface area contributed by atoms with Crippen LogP contribution in [0.1, 0.15) is 33.6 Å². The number of amides is 3. The van der Waals surface area contributed by atoms with E-state index in [0.29, 0.717) is 30.8 Å². The highest BCUT2D eigenvalue weighted by atomic mass is 32.2. The number of primary sulfonamides is 1. The van der Waals surface area contributed by atoms with Crippen molar-refractivity contribution in [1.29, 1.82) is 0 Å². The van der Waals surface area contributed by atoms with Crippen LogP contribution in [0.5, 0.6) is 0 Å². The number of sulfonamides is 1. The Morgan fingerprint density at radius 3 is 2.09 bits per heavy atom. The second-order valence-electron chi connectivity index (χ2n) is 7.15. The van der Waals surface area contributed by atoms with Crippen molar-refractivity contribution in [2.45, 2.75) is 23.8 Å². The smallest absolute Gasteiger partial charge is 0.255 e. The number of rotatable bonds is 8. The fourth-order valence-electron chi connectivity index (χ4n) is 3.07. The highest BCUT2D eigenvalue weighted by molar-refractivity contribution is 7.89. The Kier molecular flexibility index (Phi) is 7.57. The number of anilines is 1. The van der Waals surface area contributed by atoms with Crippen LogP contribution in [0.4, 0.5) is 5.69 Å². The molecule has 32 heavy (non-hydrogen) atoms. The number of benzene rings is 2. The van der Waals surface area contributed by atoms with Crippen LogP contribution in [0.3, 0.4) is 0 Å². The number of hydrogen-bond donors (Lipinski definition) is 4. The molecule has 2 aromatic carbocycles. The third kappa shape index (κ3) is 6.36. The Morgan fingerprint density at radius 1 is 0.906 bits per heavy atom. The zero-order valence-corrected chi connectivity index (χ0v) is 18.0. The Labute approximate surface area is 185 Å². The van der Waals surface area contributed by atoms with Crippen molar-refractivity contribution >= 4 is 33.4 Å². The predicted molar refractivity (Wildman–Crippen MR) is 117 cm³/mol. The van der Waals surface area contributed by atoms with E-state index in [1.54, 1.807) is 24.3 Å². The summed E-state index contributed by atoms with van der Waals surface area (Å²) in [6.07, 6.45) is 1.18. The maximum absolute atomic E-state index is 12.3. The number of hydrogen-bond acceptors (Lipinski definition) is 6. The number of carbonyl (C=O) groups is 3. The molecule has 0 bridgehead atoms. The SMILES string of the molecule is NS(=O)(=O)c1ccc(C(=O)Nc2ccc(C(=O)NCCNC(=O)C3CCCO3)cc2)cc1. The third-order valence-electron chi connectivity index (χ3n) is 4.78. The average molecular weight is 461 g/mol. The van der Waals surface area contributed by atoms with Gasteiger partial charge in [0.25, 0.3) is 11.8 Å². The minimum atomic E-state index is -3.83. The predicted octanol–water partition coefficient (Wildman–Crippen LogP) is 0.611. The average Bonchev–Trinajstić information content (AvgIpc) is 3.31. The third-order valence-corrected chi connectivity index (χ3v) is 5.71. The van der Waals surface area contributed by atoms with Crippen LogP contribution in [0.15, 0.2) is 53.4 Å². The van der Waals surface area contributed by atoms with E-state index in [2.05, 4.69) is 16.0 Å². The summed E-state index contributed by atoms with van der Waals surface area (Å²) in [6.45, 7) is 1.16. The van der Waals surface area contributed by atoms with Gasteiger partial charge in [-0.05, 0) is 61.4 Å². The summed E-state index contributed by atoms with van der Waals surface area (Å²) in [5.41, 5.74) is 1.11. The van der Waals surface area contributed by atoms with Crippen molar-refractivity contribution in [3.8, 4) is 0 Å². The summed E-state index contributed by atoms with van der Waals surface area (Å²) < 4.78 is 27.8. The molecule has 0 radical (unpaired) electrons. The van der Waals surface area contributed by atoms with E-state index in [1.807, 2.05) is 0 Å². The van der Waals surface area contributed by atoms with Gasteiger partial charge in [-0.1, -0.05) is 0 Å². The summed E-state index contributed by atoms with van der Waals surface area (Å²) in [5, 5.41) is 13.1. The fraction of sp³-hybridized carbons (Fsp3) is 0.286. The molecule has 1 unspecified atom stereocenters. The Bertz CT molecular complexity index is 1080. The fourth-order valence-corrected chi connectivity index (χ4v) is 3.58. The molecule has 5 N–H and O–H groups in total. The van der Waals surface area contributed by atoms with E-state index in [9.17, 15) is 22.8 Å². The van der Waals surface area contributed by atoms with E-state index < -0.39 is 22.0 Å². The molecular weight excluding hydrogens is 436 g/mol. The molecule has 1 aliphatic rings. The molecule has 0 spiro atoms. The van der Waals surface area contributed by atoms with Crippen molar-refractivity contribution in [2.75, 3.05) is 25.0 Å². The zero-order chi connectivity index (χ0) is 23.1. The molecule has 1 aliphatic heterocycles. The second kappa shape index (κ2) is 10.4. The topological polar surface area (TPSA) is 157 Å². The Hall–Kier alpha value is -3.28. The molecule has 170 valence electrons. The number of nitrogens with two attached hydrogens (primary N) is 1. The van der Waals surface area contributed by atoms with Gasteiger partial charge in [0.05, 0.1) is 4.90 Å². The van der Waals surface area contributed by atoms with Crippen LogP contribution in [-0.4, -0.2) is 51.9 Å². The molecule has 1 atom stereocenters. The van der Waals surface area contributed by atoms with Crippen molar-refractivity contribution in [3.63, 3.8) is 0 Å². The molecule has 0 aliphatic carbocycles. The normalized spacial score (nSPS) is 15.7. The number of ether oxygens (including phenoxy) is 1. The molecule has 3 amide bonds. The monoisotopic (exact) mass is 460 g/mol. The van der Waals surface area contributed by atoms with Crippen LogP contribution in [0, 0.1) is 0 Å². The summed E-state index contributed by atoms with van der Waals surface area (Å²) in [6, 6.07) is 11.5. The first kappa shape index (κ1) is 23.4. The molecule has 0 aromatic heterocycles. The molecule has 2 aromatic rings. The minimum absolute atomic E-state index is 0.0872. The van der Waals surface area contributed by atoms with E-state index >= 15 is 0 Å². The van der Waals surface area contributed by atoms with Crippen LogP contribution < -0.4 is 21.1 Å². The first-order valence-corrected chi connectivity index (χ1v) is 11.5. The molecule has 3 rings (SSSR count). The van der Waals surface area contributed by atoms with Crippen LogP contribution >= 0.6 is 0 Å². The van der Waals surface area contributed by atoms with Crippen LogP contribution in [-0.2, 0) is 19.6 Å². The van der Waals surface area contributed by atoms with Gasteiger partial charge in [0.1, 0.15) is 6.10 Å². The Balaban J connectivity index is 1.46. The zero-order valence-electron chi connectivity index (χ0n) is 17.2. The lowest BCUT2D eigenvalue weighted by atomic mass is 10.1. The second-order valence-corrected chi connectivity index (χ2v) is 8.71. The van der Waals surface area contributed by atoms with Gasteiger partial charge in [0.2, 0.25) is 15.9 Å². The summed E-state index contributed by atoms with van der Waals surface area (Å²) >= 11 is 0. The molecule has 1 heterocycles. The highest BCUT2D eigenvalue weighted by Gasteiger charge is 2.22. The quantitative estimate of drug-likeness (QED) is 0.423. The lowest BCUT2D eigenvalue weighted by Crippen LogP contribution is -2.39. The lowest BCUT2D eigenvalue weighted by Gasteiger charge is -2.11. The molecule has 1 fully saturated rings. The first-order chi connectivity index (χ1) is 15.2. The lowest BCUT2D eigenvalue weighted by molar-refractivity contribution is -0.129. The van der Waals surface area contributed by atoms with Crippen molar-refractivity contribution in [2.24, 2.45) is 5.14 Å². The standard InChI is InChI=1S/C21H24N4O6S/c22-32(29,30)17-9-5-15(6-10-17)20(27)25-16-7-3-14(4-8-16)19(26)23-11-12-24-21(28)18-2-1-13-31-18/h3-10,18H,1-2,11-13H2,(H,23,26)(H,24,28)(H,25,27)(H2,22,29,30). The van der Waals surface area contributed by atoms with Crippen molar-refractivity contribution in [3.05, 3.63) is 59.7 Å². The molecule has 0 saturated carbocycles. The largest absolute Gasteiger partial charge is 0.368 e. The van der Waals surface area contributed by atoms with Gasteiger partial charge >= 0.3 is 0 Å².